The number of hydrogen-bond acceptors (Lipinski definition) is 3. The fourth-order valence-electron chi connectivity index (χ4n) is 1.96. The topological polar surface area (TPSA) is 41.1 Å². The van der Waals surface area contributed by atoms with E-state index in [0.717, 1.165) is 21.6 Å². The minimum absolute atomic E-state index is 0.0384. The molecule has 0 fully saturated rings. The summed E-state index contributed by atoms with van der Waals surface area (Å²) >= 11 is 5.21. The molecule has 1 amide bonds. The molecule has 5 heteroatoms. The predicted molar refractivity (Wildman–Crippen MR) is 88.0 cm³/mol. The third kappa shape index (κ3) is 3.91. The molecule has 1 atom stereocenters. The van der Waals surface area contributed by atoms with E-state index in [9.17, 15) is 4.79 Å². The van der Waals surface area contributed by atoms with Crippen molar-refractivity contribution in [3.8, 4) is 0 Å². The largest absolute Gasteiger partial charge is 0.325 e. The van der Waals surface area contributed by atoms with E-state index in [2.05, 4.69) is 39.6 Å². The first-order valence-corrected chi connectivity index (χ1v) is 8.07. The Morgan fingerprint density at radius 2 is 2.10 bits per heavy atom. The van der Waals surface area contributed by atoms with Gasteiger partial charge in [-0.2, -0.15) is 0 Å². The number of thiophene rings is 1. The van der Waals surface area contributed by atoms with Crippen LogP contribution >= 0.6 is 27.3 Å². The van der Waals surface area contributed by atoms with E-state index in [1.54, 1.807) is 11.3 Å². The summed E-state index contributed by atoms with van der Waals surface area (Å²) in [5, 5.41) is 8.33. The maximum atomic E-state index is 11.1. The number of rotatable bonds is 5. The molecular weight excluding hydrogens is 336 g/mol. The Balaban J connectivity index is 2.00. The molecule has 0 saturated heterocycles. The van der Waals surface area contributed by atoms with Gasteiger partial charge in [0, 0.05) is 28.9 Å². The average molecular weight is 353 g/mol. The molecule has 2 rings (SSSR count). The van der Waals surface area contributed by atoms with Gasteiger partial charge >= 0.3 is 0 Å². The van der Waals surface area contributed by atoms with Crippen molar-refractivity contribution in [2.75, 3.05) is 5.32 Å². The van der Waals surface area contributed by atoms with Gasteiger partial charge in [0.1, 0.15) is 0 Å². The first kappa shape index (κ1) is 15.2. The second-order valence-corrected chi connectivity index (χ2v) is 6.42. The number of hydrogen-bond donors (Lipinski definition) is 2. The third-order valence-electron chi connectivity index (χ3n) is 3.00. The number of benzene rings is 1. The number of anilines is 1. The van der Waals surface area contributed by atoms with Gasteiger partial charge in [-0.15, -0.1) is 11.3 Å². The smallest absolute Gasteiger partial charge is 0.221 e. The second kappa shape index (κ2) is 7.02. The fourth-order valence-corrected chi connectivity index (χ4v) is 3.37. The Hall–Kier alpha value is -1.17. The van der Waals surface area contributed by atoms with Gasteiger partial charge in [-0.3, -0.25) is 4.79 Å². The molecule has 1 aromatic carbocycles. The van der Waals surface area contributed by atoms with Crippen LogP contribution in [-0.2, 0) is 11.3 Å². The summed E-state index contributed by atoms with van der Waals surface area (Å²) in [6.07, 6.45) is 0. The van der Waals surface area contributed by atoms with E-state index in [1.165, 1.54) is 12.5 Å². The fraction of sp³-hybridized carbons (Fsp3) is 0.267. The molecule has 1 unspecified atom stereocenters. The Morgan fingerprint density at radius 3 is 2.80 bits per heavy atom. The molecule has 2 N–H and O–H groups in total. The Labute approximate surface area is 131 Å². The maximum Gasteiger partial charge on any atom is 0.221 e. The average Bonchev–Trinajstić information content (AvgIpc) is 2.83. The van der Waals surface area contributed by atoms with Crippen LogP contribution in [0.5, 0.6) is 0 Å². The SMILES string of the molecule is CC(=O)Nc1ccsc1CNC(C)c1ccccc1Br. The van der Waals surface area contributed by atoms with Crippen molar-refractivity contribution in [3.05, 3.63) is 50.6 Å². The number of halogens is 1. The lowest BCUT2D eigenvalue weighted by Gasteiger charge is -2.16. The van der Waals surface area contributed by atoms with Crippen LogP contribution in [0.2, 0.25) is 0 Å². The highest BCUT2D eigenvalue weighted by Gasteiger charge is 2.10. The van der Waals surface area contributed by atoms with Gasteiger partial charge < -0.3 is 10.6 Å². The molecule has 0 aliphatic rings. The maximum absolute atomic E-state index is 11.1. The van der Waals surface area contributed by atoms with Crippen molar-refractivity contribution >= 4 is 38.9 Å². The molecule has 2 aromatic rings. The molecule has 1 heterocycles. The monoisotopic (exact) mass is 352 g/mol. The van der Waals surface area contributed by atoms with Gasteiger partial charge in [0.15, 0.2) is 0 Å². The molecule has 1 aromatic heterocycles. The minimum Gasteiger partial charge on any atom is -0.325 e. The van der Waals surface area contributed by atoms with Crippen molar-refractivity contribution in [1.82, 2.24) is 5.32 Å². The van der Waals surface area contributed by atoms with Gasteiger partial charge in [0.05, 0.1) is 5.69 Å². The van der Waals surface area contributed by atoms with Crippen LogP contribution in [0.15, 0.2) is 40.2 Å². The van der Waals surface area contributed by atoms with Gasteiger partial charge in [-0.05, 0) is 30.0 Å². The van der Waals surface area contributed by atoms with E-state index in [1.807, 2.05) is 29.6 Å². The molecule has 20 heavy (non-hydrogen) atoms. The highest BCUT2D eigenvalue weighted by molar-refractivity contribution is 9.10. The zero-order valence-electron chi connectivity index (χ0n) is 11.4. The number of nitrogens with one attached hydrogen (secondary N) is 2. The van der Waals surface area contributed by atoms with E-state index >= 15 is 0 Å². The van der Waals surface area contributed by atoms with Gasteiger partial charge in [0.25, 0.3) is 0 Å². The summed E-state index contributed by atoms with van der Waals surface area (Å²) in [7, 11) is 0. The van der Waals surface area contributed by atoms with Crippen LogP contribution in [0, 0.1) is 0 Å². The van der Waals surface area contributed by atoms with Crippen molar-refractivity contribution < 1.29 is 4.79 Å². The van der Waals surface area contributed by atoms with Crippen LogP contribution in [0.1, 0.15) is 30.3 Å². The van der Waals surface area contributed by atoms with E-state index in [0.29, 0.717) is 0 Å². The zero-order chi connectivity index (χ0) is 14.5. The second-order valence-electron chi connectivity index (χ2n) is 4.56. The van der Waals surface area contributed by atoms with Gasteiger partial charge in [-0.1, -0.05) is 34.1 Å². The molecule has 0 aliphatic heterocycles. The lowest BCUT2D eigenvalue weighted by Crippen LogP contribution is -2.19. The standard InChI is InChI=1S/C15H17BrN2OS/c1-10(12-5-3-4-6-13(12)16)17-9-15-14(7-8-20-15)18-11(2)19/h3-8,10,17H,9H2,1-2H3,(H,18,19). The first-order chi connectivity index (χ1) is 9.58. The Bertz CT molecular complexity index is 597. The van der Waals surface area contributed by atoms with Crippen LogP contribution in [0.25, 0.3) is 0 Å². The van der Waals surface area contributed by atoms with Crippen molar-refractivity contribution in [2.45, 2.75) is 26.4 Å². The van der Waals surface area contributed by atoms with E-state index in [-0.39, 0.29) is 11.9 Å². The predicted octanol–water partition coefficient (Wildman–Crippen LogP) is 4.32. The number of amides is 1. The summed E-state index contributed by atoms with van der Waals surface area (Å²) in [6, 6.07) is 10.4. The Morgan fingerprint density at radius 1 is 1.35 bits per heavy atom. The summed E-state index contributed by atoms with van der Waals surface area (Å²) in [5.74, 6) is -0.0384. The molecule has 0 saturated carbocycles. The molecule has 106 valence electrons. The van der Waals surface area contributed by atoms with Crippen molar-refractivity contribution in [1.29, 1.82) is 0 Å². The van der Waals surface area contributed by atoms with E-state index in [4.69, 9.17) is 0 Å². The van der Waals surface area contributed by atoms with Crippen LogP contribution < -0.4 is 10.6 Å². The molecule has 0 aliphatic carbocycles. The minimum atomic E-state index is -0.0384. The van der Waals surface area contributed by atoms with Gasteiger partial charge in [0.2, 0.25) is 5.91 Å². The van der Waals surface area contributed by atoms with Crippen LogP contribution in [0.4, 0.5) is 5.69 Å². The quantitative estimate of drug-likeness (QED) is 0.841. The third-order valence-corrected chi connectivity index (χ3v) is 4.64. The lowest BCUT2D eigenvalue weighted by molar-refractivity contribution is -0.114. The molecular formula is C15H17BrN2OS. The van der Waals surface area contributed by atoms with Crippen LogP contribution in [-0.4, -0.2) is 5.91 Å². The van der Waals surface area contributed by atoms with Crippen LogP contribution in [0.3, 0.4) is 0 Å². The number of carbonyl (C=O) groups is 1. The highest BCUT2D eigenvalue weighted by Crippen LogP contribution is 2.26. The van der Waals surface area contributed by atoms with E-state index < -0.39 is 0 Å². The summed E-state index contributed by atoms with van der Waals surface area (Å²) < 4.78 is 1.10. The number of carbonyl (C=O) groups excluding carboxylic acids is 1. The summed E-state index contributed by atoms with van der Waals surface area (Å²) in [4.78, 5) is 12.3. The zero-order valence-corrected chi connectivity index (χ0v) is 13.8. The van der Waals surface area contributed by atoms with Crippen molar-refractivity contribution in [3.63, 3.8) is 0 Å². The molecule has 0 radical (unpaired) electrons. The van der Waals surface area contributed by atoms with Gasteiger partial charge in [-0.25, -0.2) is 0 Å². The highest BCUT2D eigenvalue weighted by atomic mass is 79.9. The Kier molecular flexibility index (Phi) is 5.34. The first-order valence-electron chi connectivity index (χ1n) is 6.39. The normalized spacial score (nSPS) is 12.2. The molecule has 0 bridgehead atoms. The summed E-state index contributed by atoms with van der Waals surface area (Å²) in [6.45, 7) is 4.39. The summed E-state index contributed by atoms with van der Waals surface area (Å²) in [5.41, 5.74) is 2.12. The molecule has 3 nitrogen and oxygen atoms in total. The lowest BCUT2D eigenvalue weighted by atomic mass is 10.1. The van der Waals surface area contributed by atoms with Crippen molar-refractivity contribution in [2.24, 2.45) is 0 Å². The molecule has 0 spiro atoms.